The number of amides is 1. The third-order valence-electron chi connectivity index (χ3n) is 2.36. The Morgan fingerprint density at radius 1 is 1.19 bits per heavy atom. The highest BCUT2D eigenvalue weighted by Gasteiger charge is 2.21. The number of aromatic nitrogens is 2. The Hall–Kier alpha value is -2.45. The molecule has 21 heavy (non-hydrogen) atoms. The number of anilines is 1. The minimum atomic E-state index is -0.751. The van der Waals surface area contributed by atoms with Crippen molar-refractivity contribution in [3.8, 4) is 0 Å². The molecule has 1 aromatic heterocycles. The van der Waals surface area contributed by atoms with Gasteiger partial charge in [0.05, 0.1) is 4.92 Å². The zero-order valence-electron chi connectivity index (χ0n) is 10.2. The summed E-state index contributed by atoms with van der Waals surface area (Å²) in [5.41, 5.74) is 4.39. The zero-order chi connectivity index (χ0) is 15.4. The number of hydrazine groups is 1. The summed E-state index contributed by atoms with van der Waals surface area (Å²) < 4.78 is 0. The number of nitrogens with one attached hydrogen (secondary N) is 2. The summed E-state index contributed by atoms with van der Waals surface area (Å²) in [6, 6.07) is 6.09. The van der Waals surface area contributed by atoms with Gasteiger partial charge in [0.25, 0.3) is 5.91 Å². The van der Waals surface area contributed by atoms with E-state index in [2.05, 4.69) is 20.8 Å². The monoisotopic (exact) mass is 327 g/mol. The van der Waals surface area contributed by atoms with Gasteiger partial charge in [-0.15, -0.1) is 0 Å². The largest absolute Gasteiger partial charge is 0.350 e. The fraction of sp³-hybridized carbons (Fsp3) is 0. The number of rotatable bonds is 4. The quantitative estimate of drug-likeness (QED) is 0.507. The standard InChI is InChI=1S/C11H7Cl2N5O3/c12-7-3-1-6(2-4-7)11(19)17-16-10-8(18(20)21)9(13)14-5-15-10/h1-5H,(H,17,19)(H,14,15,16). The van der Waals surface area contributed by atoms with E-state index in [1.165, 1.54) is 12.1 Å². The average Bonchev–Trinajstić information content (AvgIpc) is 2.45. The van der Waals surface area contributed by atoms with Crippen LogP contribution in [0.3, 0.4) is 0 Å². The lowest BCUT2D eigenvalue weighted by Crippen LogP contribution is -2.30. The molecule has 2 rings (SSSR count). The number of hydrogen-bond donors (Lipinski definition) is 2. The van der Waals surface area contributed by atoms with Crippen LogP contribution in [0.4, 0.5) is 11.5 Å². The van der Waals surface area contributed by atoms with E-state index >= 15 is 0 Å². The van der Waals surface area contributed by atoms with Crippen molar-refractivity contribution in [2.45, 2.75) is 0 Å². The van der Waals surface area contributed by atoms with Crippen LogP contribution in [0, 0.1) is 10.1 Å². The lowest BCUT2D eigenvalue weighted by Gasteiger charge is -2.08. The number of nitro groups is 1. The normalized spacial score (nSPS) is 10.0. The summed E-state index contributed by atoms with van der Waals surface area (Å²) in [6.45, 7) is 0. The molecule has 0 aliphatic heterocycles. The molecule has 0 saturated carbocycles. The lowest BCUT2D eigenvalue weighted by atomic mass is 10.2. The van der Waals surface area contributed by atoms with Crippen molar-refractivity contribution in [3.05, 3.63) is 56.4 Å². The summed E-state index contributed by atoms with van der Waals surface area (Å²) in [5.74, 6) is -0.738. The number of halogens is 2. The Morgan fingerprint density at radius 2 is 1.86 bits per heavy atom. The summed E-state index contributed by atoms with van der Waals surface area (Å²) in [5, 5.41) is 11.0. The molecule has 108 valence electrons. The fourth-order valence-corrected chi connectivity index (χ4v) is 1.73. The average molecular weight is 328 g/mol. The first kappa shape index (κ1) is 14.9. The van der Waals surface area contributed by atoms with Crippen molar-refractivity contribution in [3.63, 3.8) is 0 Å². The van der Waals surface area contributed by atoms with Crippen LogP contribution in [0.1, 0.15) is 10.4 Å². The molecule has 0 aliphatic carbocycles. The van der Waals surface area contributed by atoms with E-state index in [1.807, 2.05) is 0 Å². The minimum Gasteiger partial charge on any atom is -0.276 e. The fourth-order valence-electron chi connectivity index (χ4n) is 1.40. The maximum atomic E-state index is 11.8. The molecule has 0 bridgehead atoms. The molecule has 0 fully saturated rings. The summed E-state index contributed by atoms with van der Waals surface area (Å²) in [7, 11) is 0. The maximum absolute atomic E-state index is 11.8. The third-order valence-corrected chi connectivity index (χ3v) is 2.89. The van der Waals surface area contributed by atoms with Gasteiger partial charge in [0.15, 0.2) is 0 Å². The second kappa shape index (κ2) is 6.33. The minimum absolute atomic E-state index is 0.220. The van der Waals surface area contributed by atoms with Crippen molar-refractivity contribution in [1.29, 1.82) is 0 Å². The van der Waals surface area contributed by atoms with E-state index < -0.39 is 16.5 Å². The molecule has 0 atom stereocenters. The van der Waals surface area contributed by atoms with Gasteiger partial charge in [-0.3, -0.25) is 25.8 Å². The smallest absolute Gasteiger partial charge is 0.276 e. The van der Waals surface area contributed by atoms with Crippen LogP contribution < -0.4 is 10.9 Å². The molecule has 0 saturated heterocycles. The highest BCUT2D eigenvalue weighted by molar-refractivity contribution is 6.32. The maximum Gasteiger partial charge on any atom is 0.350 e. The molecule has 1 heterocycles. The van der Waals surface area contributed by atoms with Gasteiger partial charge >= 0.3 is 5.69 Å². The Morgan fingerprint density at radius 3 is 2.48 bits per heavy atom. The van der Waals surface area contributed by atoms with E-state index in [-0.39, 0.29) is 11.0 Å². The molecule has 1 aromatic carbocycles. The van der Waals surface area contributed by atoms with Gasteiger partial charge in [0.2, 0.25) is 11.0 Å². The van der Waals surface area contributed by atoms with Crippen LogP contribution >= 0.6 is 23.2 Å². The van der Waals surface area contributed by atoms with Crippen LogP contribution in [0.2, 0.25) is 10.2 Å². The van der Waals surface area contributed by atoms with Crippen LogP contribution in [0.5, 0.6) is 0 Å². The molecule has 8 nitrogen and oxygen atoms in total. The number of benzene rings is 1. The van der Waals surface area contributed by atoms with Gasteiger partial charge in [0, 0.05) is 10.6 Å². The Labute approximate surface area is 128 Å². The van der Waals surface area contributed by atoms with Crippen LogP contribution in [0.25, 0.3) is 0 Å². The molecule has 0 unspecified atom stereocenters. The predicted molar refractivity (Wildman–Crippen MR) is 76.2 cm³/mol. The first-order valence-electron chi connectivity index (χ1n) is 5.46. The Kier molecular flexibility index (Phi) is 4.51. The predicted octanol–water partition coefficient (Wildman–Crippen LogP) is 2.45. The van der Waals surface area contributed by atoms with Gasteiger partial charge in [-0.25, -0.2) is 9.97 Å². The molecule has 0 radical (unpaired) electrons. The molecule has 2 N–H and O–H groups in total. The molecule has 2 aromatic rings. The van der Waals surface area contributed by atoms with E-state index in [0.29, 0.717) is 10.6 Å². The molecule has 0 spiro atoms. The summed E-state index contributed by atoms with van der Waals surface area (Å²) in [4.78, 5) is 29.1. The van der Waals surface area contributed by atoms with E-state index in [9.17, 15) is 14.9 Å². The zero-order valence-corrected chi connectivity index (χ0v) is 11.7. The third kappa shape index (κ3) is 3.56. The molecular weight excluding hydrogens is 321 g/mol. The molecule has 10 heteroatoms. The van der Waals surface area contributed by atoms with E-state index in [0.717, 1.165) is 6.33 Å². The van der Waals surface area contributed by atoms with Gasteiger partial charge in [-0.1, -0.05) is 23.2 Å². The highest BCUT2D eigenvalue weighted by Crippen LogP contribution is 2.27. The summed E-state index contributed by atoms with van der Waals surface area (Å²) in [6.07, 6.45) is 1.03. The molecule has 0 aliphatic rings. The van der Waals surface area contributed by atoms with Crippen LogP contribution in [-0.4, -0.2) is 20.8 Å². The lowest BCUT2D eigenvalue weighted by molar-refractivity contribution is -0.384. The second-order valence-corrected chi connectivity index (χ2v) is 4.50. The SMILES string of the molecule is O=C(NNc1ncnc(Cl)c1[N+](=O)[O-])c1ccc(Cl)cc1. The van der Waals surface area contributed by atoms with Crippen molar-refractivity contribution in [2.75, 3.05) is 5.43 Å². The van der Waals surface area contributed by atoms with Crippen molar-refractivity contribution >= 4 is 40.6 Å². The van der Waals surface area contributed by atoms with Gasteiger partial charge < -0.3 is 0 Å². The topological polar surface area (TPSA) is 110 Å². The van der Waals surface area contributed by atoms with Crippen molar-refractivity contribution in [2.24, 2.45) is 0 Å². The molecular formula is C11H7Cl2N5O3. The number of carbonyl (C=O) groups is 1. The van der Waals surface area contributed by atoms with Crippen LogP contribution in [-0.2, 0) is 0 Å². The first-order chi connectivity index (χ1) is 9.99. The van der Waals surface area contributed by atoms with Crippen molar-refractivity contribution < 1.29 is 9.72 Å². The number of hydrogen-bond acceptors (Lipinski definition) is 6. The Balaban J connectivity index is 2.13. The second-order valence-electron chi connectivity index (χ2n) is 3.70. The Bertz CT molecular complexity index is 693. The van der Waals surface area contributed by atoms with Crippen molar-refractivity contribution in [1.82, 2.24) is 15.4 Å². The number of nitrogens with zero attached hydrogens (tertiary/aromatic N) is 3. The van der Waals surface area contributed by atoms with Gasteiger partial charge in [-0.2, -0.15) is 0 Å². The highest BCUT2D eigenvalue weighted by atomic mass is 35.5. The number of carbonyl (C=O) groups excluding carboxylic acids is 1. The van der Waals surface area contributed by atoms with E-state index in [4.69, 9.17) is 23.2 Å². The first-order valence-corrected chi connectivity index (χ1v) is 6.21. The summed E-state index contributed by atoms with van der Waals surface area (Å²) >= 11 is 11.3. The van der Waals surface area contributed by atoms with E-state index in [1.54, 1.807) is 12.1 Å². The molecule has 1 amide bonds. The van der Waals surface area contributed by atoms with Crippen LogP contribution in [0.15, 0.2) is 30.6 Å². The van der Waals surface area contributed by atoms with Gasteiger partial charge in [-0.05, 0) is 24.3 Å². The van der Waals surface area contributed by atoms with Gasteiger partial charge in [0.1, 0.15) is 6.33 Å².